The van der Waals surface area contributed by atoms with Gasteiger partial charge in [-0.15, -0.1) is 0 Å². The molecule has 1 aliphatic carbocycles. The lowest BCUT2D eigenvalue weighted by atomic mass is 9.69. The highest BCUT2D eigenvalue weighted by Gasteiger charge is 2.47. The number of dihydropyridines is 1. The smallest absolute Gasteiger partial charge is 0.337 e. The zero-order valence-corrected chi connectivity index (χ0v) is 20.8. The number of benzene rings is 1. The molecule has 1 N–H and O–H groups in total. The fraction of sp³-hybridized carbons (Fsp3) is 0.500. The van der Waals surface area contributed by atoms with Crippen LogP contribution in [0.5, 0.6) is 11.5 Å². The Morgan fingerprint density at radius 2 is 1.88 bits per heavy atom. The monoisotopic (exact) mass is 471 g/mol. The van der Waals surface area contributed by atoms with Crippen molar-refractivity contribution in [2.75, 3.05) is 20.8 Å². The van der Waals surface area contributed by atoms with Gasteiger partial charge in [-0.1, -0.05) is 13.0 Å². The molecule has 3 rings (SSSR count). The van der Waals surface area contributed by atoms with E-state index in [4.69, 9.17) is 18.9 Å². The summed E-state index contributed by atoms with van der Waals surface area (Å²) in [5, 5.41) is 3.25. The van der Waals surface area contributed by atoms with E-state index in [9.17, 15) is 14.4 Å². The van der Waals surface area contributed by atoms with Gasteiger partial charge >= 0.3 is 11.9 Å². The quantitative estimate of drug-likeness (QED) is 0.475. The highest BCUT2D eigenvalue weighted by Crippen LogP contribution is 2.46. The molecule has 184 valence electrons. The lowest BCUT2D eigenvalue weighted by molar-refractivity contribution is -0.151. The van der Waals surface area contributed by atoms with Crippen LogP contribution in [-0.2, 0) is 23.9 Å². The summed E-state index contributed by atoms with van der Waals surface area (Å²) in [6.07, 6.45) is 0.124. The maximum Gasteiger partial charge on any atom is 0.337 e. The van der Waals surface area contributed by atoms with Crippen molar-refractivity contribution >= 4 is 17.7 Å². The molecule has 0 saturated carbocycles. The number of rotatable bonds is 7. The number of allylic oxidation sites excluding steroid dienone is 3. The normalized spacial score (nSPS) is 22.2. The van der Waals surface area contributed by atoms with Crippen LogP contribution in [0.4, 0.5) is 0 Å². The average Bonchev–Trinajstić information content (AvgIpc) is 2.77. The van der Waals surface area contributed by atoms with Crippen LogP contribution in [-0.4, -0.2) is 44.7 Å². The van der Waals surface area contributed by atoms with Crippen molar-refractivity contribution in [2.24, 2.45) is 11.8 Å². The van der Waals surface area contributed by atoms with Crippen LogP contribution in [0.2, 0.25) is 0 Å². The first-order valence-electron chi connectivity index (χ1n) is 11.5. The molecule has 0 aromatic heterocycles. The number of ketones is 1. The number of nitrogens with one attached hydrogen (secondary N) is 1. The maximum absolute atomic E-state index is 13.7. The van der Waals surface area contributed by atoms with Gasteiger partial charge in [0.05, 0.1) is 32.5 Å². The number of hydrogen-bond acceptors (Lipinski definition) is 8. The number of methoxy groups -OCH3 is 2. The van der Waals surface area contributed by atoms with E-state index in [-0.39, 0.29) is 17.8 Å². The van der Waals surface area contributed by atoms with Gasteiger partial charge < -0.3 is 24.3 Å². The highest BCUT2D eigenvalue weighted by atomic mass is 16.5. The van der Waals surface area contributed by atoms with Gasteiger partial charge in [-0.2, -0.15) is 0 Å². The molecule has 8 heteroatoms. The van der Waals surface area contributed by atoms with Crippen LogP contribution >= 0.6 is 0 Å². The van der Waals surface area contributed by atoms with Crippen molar-refractivity contribution in [2.45, 2.75) is 53.1 Å². The predicted molar refractivity (Wildman–Crippen MR) is 125 cm³/mol. The molecule has 0 spiro atoms. The molecule has 0 saturated heterocycles. The second kappa shape index (κ2) is 10.3. The molecule has 2 aliphatic rings. The van der Waals surface area contributed by atoms with Crippen LogP contribution in [0.25, 0.3) is 0 Å². The Hall–Kier alpha value is -3.29. The molecule has 0 bridgehead atoms. The lowest BCUT2D eigenvalue weighted by Crippen LogP contribution is -2.43. The number of esters is 2. The Morgan fingerprint density at radius 1 is 1.18 bits per heavy atom. The molecule has 1 aliphatic heterocycles. The van der Waals surface area contributed by atoms with E-state index in [0.717, 1.165) is 0 Å². The van der Waals surface area contributed by atoms with Gasteiger partial charge in [0.25, 0.3) is 0 Å². The minimum Gasteiger partial charge on any atom is -0.493 e. The van der Waals surface area contributed by atoms with Gasteiger partial charge in [-0.25, -0.2) is 4.79 Å². The van der Waals surface area contributed by atoms with E-state index in [1.54, 1.807) is 32.9 Å². The fourth-order valence-electron chi connectivity index (χ4n) is 4.70. The summed E-state index contributed by atoms with van der Waals surface area (Å²) in [4.78, 5) is 39.5. The Labute approximate surface area is 200 Å². The SMILES string of the molecule is CCOc1ccc(C2C(C(=O)OC(C)C)=C(C)NC3=C2C(=O)C(C(=O)OC)C(C)C3)cc1OC. The maximum atomic E-state index is 13.7. The topological polar surface area (TPSA) is 100 Å². The molecule has 3 unspecified atom stereocenters. The summed E-state index contributed by atoms with van der Waals surface area (Å²) >= 11 is 0. The third-order valence-corrected chi connectivity index (χ3v) is 6.13. The number of carbonyl (C=O) groups excluding carboxylic acids is 3. The van der Waals surface area contributed by atoms with Gasteiger partial charge in [0.1, 0.15) is 5.92 Å². The minimum atomic E-state index is -0.946. The van der Waals surface area contributed by atoms with Gasteiger partial charge in [0.2, 0.25) is 0 Å². The third-order valence-electron chi connectivity index (χ3n) is 6.13. The zero-order chi connectivity index (χ0) is 25.2. The Kier molecular flexibility index (Phi) is 7.69. The first-order chi connectivity index (χ1) is 16.1. The average molecular weight is 472 g/mol. The molecule has 1 aromatic carbocycles. The molecule has 34 heavy (non-hydrogen) atoms. The first-order valence-corrected chi connectivity index (χ1v) is 11.5. The predicted octanol–water partition coefficient (Wildman–Crippen LogP) is 3.66. The van der Waals surface area contributed by atoms with Gasteiger partial charge in [0, 0.05) is 22.9 Å². The molecule has 3 atom stereocenters. The number of carbonyl (C=O) groups is 3. The Balaban J connectivity index is 2.22. The largest absolute Gasteiger partial charge is 0.493 e. The fourth-order valence-corrected chi connectivity index (χ4v) is 4.70. The molecule has 0 amide bonds. The first kappa shape index (κ1) is 25.3. The van der Waals surface area contributed by atoms with Crippen LogP contribution < -0.4 is 14.8 Å². The summed E-state index contributed by atoms with van der Waals surface area (Å²) in [5.41, 5.74) is 2.68. The number of Topliss-reactive ketones (excluding diaryl/α,β-unsaturated/α-hetero) is 1. The molecule has 8 nitrogen and oxygen atoms in total. The second-order valence-corrected chi connectivity index (χ2v) is 8.83. The third kappa shape index (κ3) is 4.67. The van der Waals surface area contributed by atoms with Crippen molar-refractivity contribution in [1.29, 1.82) is 0 Å². The van der Waals surface area contributed by atoms with Crippen molar-refractivity contribution in [3.63, 3.8) is 0 Å². The summed E-state index contributed by atoms with van der Waals surface area (Å²) in [6, 6.07) is 5.33. The van der Waals surface area contributed by atoms with Gasteiger partial charge in [0.15, 0.2) is 17.3 Å². The zero-order valence-electron chi connectivity index (χ0n) is 20.8. The lowest BCUT2D eigenvalue weighted by Gasteiger charge is -2.38. The number of hydrogen-bond donors (Lipinski definition) is 1. The summed E-state index contributed by atoms with van der Waals surface area (Å²) < 4.78 is 21.6. The van der Waals surface area contributed by atoms with E-state index in [1.807, 2.05) is 19.9 Å². The second-order valence-electron chi connectivity index (χ2n) is 8.83. The van der Waals surface area contributed by atoms with Crippen LogP contribution in [0, 0.1) is 11.8 Å². The van der Waals surface area contributed by atoms with Gasteiger partial charge in [-0.3, -0.25) is 9.59 Å². The van der Waals surface area contributed by atoms with Crippen molar-refractivity contribution < 1.29 is 33.3 Å². The molecule has 0 radical (unpaired) electrons. The van der Waals surface area contributed by atoms with E-state index >= 15 is 0 Å². The Bertz CT molecular complexity index is 1050. The van der Waals surface area contributed by atoms with Crippen LogP contribution in [0.3, 0.4) is 0 Å². The van der Waals surface area contributed by atoms with Crippen LogP contribution in [0.15, 0.2) is 40.7 Å². The van der Waals surface area contributed by atoms with Crippen molar-refractivity contribution in [3.8, 4) is 11.5 Å². The van der Waals surface area contributed by atoms with Crippen molar-refractivity contribution in [3.05, 3.63) is 46.3 Å². The number of ether oxygens (including phenoxy) is 4. The van der Waals surface area contributed by atoms with Crippen molar-refractivity contribution in [1.82, 2.24) is 5.32 Å². The van der Waals surface area contributed by atoms with E-state index in [1.165, 1.54) is 14.2 Å². The molecular formula is C26H33NO7. The van der Waals surface area contributed by atoms with E-state index in [2.05, 4.69) is 5.32 Å². The molecule has 1 aromatic rings. The van der Waals surface area contributed by atoms with E-state index in [0.29, 0.717) is 52.6 Å². The highest BCUT2D eigenvalue weighted by molar-refractivity contribution is 6.12. The van der Waals surface area contributed by atoms with E-state index < -0.39 is 23.8 Å². The minimum absolute atomic E-state index is 0.251. The van der Waals surface area contributed by atoms with Crippen LogP contribution in [0.1, 0.15) is 52.5 Å². The molecule has 1 heterocycles. The summed E-state index contributed by atoms with van der Waals surface area (Å²) in [7, 11) is 2.81. The summed E-state index contributed by atoms with van der Waals surface area (Å²) in [6.45, 7) is 9.51. The molecule has 0 fully saturated rings. The Morgan fingerprint density at radius 3 is 2.47 bits per heavy atom. The standard InChI is InChI=1S/C26H33NO7/c1-8-33-18-10-9-16(12-19(18)31-6)22-21(26(30)34-13(2)3)15(5)27-17-11-14(4)20(25(29)32-7)24(28)23(17)22/h9-10,12-14,20,22,27H,8,11H2,1-7H3. The molecular weight excluding hydrogens is 438 g/mol. The van der Waals surface area contributed by atoms with Gasteiger partial charge in [-0.05, 0) is 57.7 Å². The summed E-state index contributed by atoms with van der Waals surface area (Å²) in [5.74, 6) is -2.35.